The molecule has 1 N–H and O–H groups in total. The van der Waals surface area contributed by atoms with Gasteiger partial charge in [-0.05, 0) is 24.1 Å². The van der Waals surface area contributed by atoms with E-state index < -0.39 is 17.8 Å². The zero-order valence-corrected chi connectivity index (χ0v) is 10.9. The Hall–Kier alpha value is -1.82. The average Bonchev–Trinajstić information content (AvgIpc) is 2.86. The van der Waals surface area contributed by atoms with E-state index in [2.05, 4.69) is 4.98 Å². The van der Waals surface area contributed by atoms with Crippen LogP contribution in [-0.4, -0.2) is 14.7 Å². The van der Waals surface area contributed by atoms with Gasteiger partial charge in [-0.15, -0.1) is 0 Å². The SMILES string of the molecule is CCCn1ccnc1C(O)c1cccc(C(F)(F)F)c1. The van der Waals surface area contributed by atoms with Crippen molar-refractivity contribution in [3.63, 3.8) is 0 Å². The second-order valence-electron chi connectivity index (χ2n) is 4.50. The Morgan fingerprint density at radius 3 is 2.75 bits per heavy atom. The Bertz CT molecular complexity index is 578. The molecule has 20 heavy (non-hydrogen) atoms. The summed E-state index contributed by atoms with van der Waals surface area (Å²) in [5, 5.41) is 10.2. The van der Waals surface area contributed by atoms with E-state index in [0.717, 1.165) is 18.6 Å². The van der Waals surface area contributed by atoms with Gasteiger partial charge in [0.25, 0.3) is 0 Å². The maximum Gasteiger partial charge on any atom is 0.416 e. The molecule has 0 fully saturated rings. The summed E-state index contributed by atoms with van der Waals surface area (Å²) in [5.74, 6) is 0.353. The first-order valence-electron chi connectivity index (χ1n) is 6.29. The third kappa shape index (κ3) is 3.01. The summed E-state index contributed by atoms with van der Waals surface area (Å²) in [4.78, 5) is 4.03. The van der Waals surface area contributed by atoms with E-state index in [1.165, 1.54) is 18.3 Å². The van der Waals surface area contributed by atoms with E-state index in [1.54, 1.807) is 10.8 Å². The van der Waals surface area contributed by atoms with Gasteiger partial charge < -0.3 is 9.67 Å². The summed E-state index contributed by atoms with van der Waals surface area (Å²) in [6, 6.07) is 4.68. The lowest BCUT2D eigenvalue weighted by Crippen LogP contribution is -2.11. The molecule has 1 heterocycles. The molecule has 0 bridgehead atoms. The third-order valence-corrected chi connectivity index (χ3v) is 2.99. The molecule has 0 aliphatic carbocycles. The number of nitrogens with zero attached hydrogens (tertiary/aromatic N) is 2. The number of aromatic nitrogens is 2. The van der Waals surface area contributed by atoms with Crippen molar-refractivity contribution in [2.45, 2.75) is 32.2 Å². The van der Waals surface area contributed by atoms with E-state index in [4.69, 9.17) is 0 Å². The Morgan fingerprint density at radius 1 is 1.35 bits per heavy atom. The normalized spacial score (nSPS) is 13.4. The molecule has 0 aliphatic rings. The van der Waals surface area contributed by atoms with Crippen LogP contribution in [0.5, 0.6) is 0 Å². The lowest BCUT2D eigenvalue weighted by Gasteiger charge is -2.15. The van der Waals surface area contributed by atoms with Crippen LogP contribution in [0.2, 0.25) is 0 Å². The van der Waals surface area contributed by atoms with Gasteiger partial charge in [0.15, 0.2) is 0 Å². The quantitative estimate of drug-likeness (QED) is 0.934. The van der Waals surface area contributed by atoms with Crippen molar-refractivity contribution in [1.82, 2.24) is 9.55 Å². The molecule has 1 atom stereocenters. The molecule has 0 saturated carbocycles. The number of aliphatic hydroxyl groups excluding tert-OH is 1. The number of halogens is 3. The zero-order chi connectivity index (χ0) is 14.8. The van der Waals surface area contributed by atoms with Crippen LogP contribution < -0.4 is 0 Å². The minimum absolute atomic E-state index is 0.184. The van der Waals surface area contributed by atoms with Gasteiger partial charge in [-0.1, -0.05) is 19.1 Å². The van der Waals surface area contributed by atoms with Crippen LogP contribution in [0, 0.1) is 0 Å². The van der Waals surface area contributed by atoms with Crippen molar-refractivity contribution in [1.29, 1.82) is 0 Å². The van der Waals surface area contributed by atoms with Crippen LogP contribution in [0.25, 0.3) is 0 Å². The Labute approximate surface area is 114 Å². The van der Waals surface area contributed by atoms with Crippen molar-refractivity contribution in [2.24, 2.45) is 0 Å². The molecule has 2 aromatic rings. The number of aryl methyl sites for hydroxylation is 1. The summed E-state index contributed by atoms with van der Waals surface area (Å²) < 4.78 is 39.8. The Kier molecular flexibility index (Phi) is 4.13. The molecule has 1 aromatic heterocycles. The standard InChI is InChI=1S/C14H15F3N2O/c1-2-7-19-8-6-18-13(19)12(20)10-4-3-5-11(9-10)14(15,16)17/h3-6,8-9,12,20H,2,7H2,1H3. The number of imidazole rings is 1. The van der Waals surface area contributed by atoms with Gasteiger partial charge in [-0.25, -0.2) is 4.98 Å². The molecule has 0 amide bonds. The van der Waals surface area contributed by atoms with E-state index in [0.29, 0.717) is 12.4 Å². The van der Waals surface area contributed by atoms with Gasteiger partial charge in [0.2, 0.25) is 0 Å². The molecule has 0 saturated heterocycles. The second kappa shape index (κ2) is 5.66. The monoisotopic (exact) mass is 284 g/mol. The first-order valence-corrected chi connectivity index (χ1v) is 6.29. The van der Waals surface area contributed by atoms with Gasteiger partial charge >= 0.3 is 6.18 Å². The minimum Gasteiger partial charge on any atom is -0.380 e. The Balaban J connectivity index is 2.33. The molecular weight excluding hydrogens is 269 g/mol. The maximum absolute atomic E-state index is 12.7. The van der Waals surface area contributed by atoms with Gasteiger partial charge in [-0.3, -0.25) is 0 Å². The van der Waals surface area contributed by atoms with Crippen LogP contribution in [-0.2, 0) is 12.7 Å². The molecule has 3 nitrogen and oxygen atoms in total. The molecule has 0 spiro atoms. The number of benzene rings is 1. The first-order chi connectivity index (χ1) is 9.43. The van der Waals surface area contributed by atoms with Crippen molar-refractivity contribution in [3.05, 3.63) is 53.6 Å². The topological polar surface area (TPSA) is 38.0 Å². The van der Waals surface area contributed by atoms with Gasteiger partial charge in [0, 0.05) is 18.9 Å². The smallest absolute Gasteiger partial charge is 0.380 e. The highest BCUT2D eigenvalue weighted by Gasteiger charge is 2.31. The molecule has 6 heteroatoms. The molecule has 1 unspecified atom stereocenters. The van der Waals surface area contributed by atoms with Crippen LogP contribution >= 0.6 is 0 Å². The van der Waals surface area contributed by atoms with Crippen LogP contribution in [0.1, 0.15) is 36.4 Å². The van der Waals surface area contributed by atoms with Gasteiger partial charge in [0.05, 0.1) is 5.56 Å². The molecule has 1 aromatic carbocycles. The molecule has 0 aliphatic heterocycles. The largest absolute Gasteiger partial charge is 0.416 e. The summed E-state index contributed by atoms with van der Waals surface area (Å²) in [7, 11) is 0. The van der Waals surface area contributed by atoms with Crippen molar-refractivity contribution < 1.29 is 18.3 Å². The summed E-state index contributed by atoms with van der Waals surface area (Å²) in [6.07, 6.45) is -1.51. The molecule has 2 rings (SSSR count). The minimum atomic E-state index is -4.42. The number of rotatable bonds is 4. The third-order valence-electron chi connectivity index (χ3n) is 2.99. The summed E-state index contributed by atoms with van der Waals surface area (Å²) >= 11 is 0. The molecule has 0 radical (unpaired) electrons. The predicted octanol–water partition coefficient (Wildman–Crippen LogP) is 3.39. The fourth-order valence-corrected chi connectivity index (χ4v) is 2.03. The van der Waals surface area contributed by atoms with Crippen molar-refractivity contribution in [3.8, 4) is 0 Å². The molecule has 108 valence electrons. The highest BCUT2D eigenvalue weighted by molar-refractivity contribution is 5.30. The summed E-state index contributed by atoms with van der Waals surface area (Å²) in [5.41, 5.74) is -0.592. The van der Waals surface area contributed by atoms with Gasteiger partial charge in [0.1, 0.15) is 11.9 Å². The highest BCUT2D eigenvalue weighted by atomic mass is 19.4. The van der Waals surface area contributed by atoms with E-state index >= 15 is 0 Å². The van der Waals surface area contributed by atoms with Crippen molar-refractivity contribution >= 4 is 0 Å². The fourth-order valence-electron chi connectivity index (χ4n) is 2.03. The first kappa shape index (κ1) is 14.6. The number of hydrogen-bond donors (Lipinski definition) is 1. The number of aliphatic hydroxyl groups is 1. The average molecular weight is 284 g/mol. The van der Waals surface area contributed by atoms with Gasteiger partial charge in [-0.2, -0.15) is 13.2 Å². The second-order valence-corrected chi connectivity index (χ2v) is 4.50. The maximum atomic E-state index is 12.7. The lowest BCUT2D eigenvalue weighted by molar-refractivity contribution is -0.137. The zero-order valence-electron chi connectivity index (χ0n) is 10.9. The predicted molar refractivity (Wildman–Crippen MR) is 68.0 cm³/mol. The number of alkyl halides is 3. The molecular formula is C14H15F3N2O. The van der Waals surface area contributed by atoms with E-state index in [9.17, 15) is 18.3 Å². The van der Waals surface area contributed by atoms with Crippen molar-refractivity contribution in [2.75, 3.05) is 0 Å². The number of hydrogen-bond acceptors (Lipinski definition) is 2. The van der Waals surface area contributed by atoms with Crippen LogP contribution in [0.4, 0.5) is 13.2 Å². The highest BCUT2D eigenvalue weighted by Crippen LogP contribution is 2.31. The van der Waals surface area contributed by atoms with E-state index in [-0.39, 0.29) is 5.56 Å². The van der Waals surface area contributed by atoms with E-state index in [1.807, 2.05) is 6.92 Å². The van der Waals surface area contributed by atoms with Crippen LogP contribution in [0.3, 0.4) is 0 Å². The lowest BCUT2D eigenvalue weighted by atomic mass is 10.1. The Morgan fingerprint density at radius 2 is 2.10 bits per heavy atom. The summed E-state index contributed by atoms with van der Waals surface area (Å²) in [6.45, 7) is 2.63. The fraction of sp³-hybridized carbons (Fsp3) is 0.357. The van der Waals surface area contributed by atoms with Crippen LogP contribution in [0.15, 0.2) is 36.7 Å².